The van der Waals surface area contributed by atoms with Crippen molar-refractivity contribution in [2.24, 2.45) is 0 Å². The predicted molar refractivity (Wildman–Crippen MR) is 58.5 cm³/mol. The number of nitrogens with zero attached hydrogens (tertiary/aromatic N) is 1. The lowest BCUT2D eigenvalue weighted by atomic mass is 10.2. The lowest BCUT2D eigenvalue weighted by Crippen LogP contribution is -2.12. The van der Waals surface area contributed by atoms with Crippen molar-refractivity contribution < 1.29 is 4.74 Å². The van der Waals surface area contributed by atoms with Crippen molar-refractivity contribution in [2.75, 3.05) is 5.73 Å². The molecule has 0 unspecified atom stereocenters. The topological polar surface area (TPSA) is 59.0 Å². The molecule has 3 nitrogen and oxygen atoms in total. The van der Waals surface area contributed by atoms with E-state index in [4.69, 9.17) is 15.7 Å². The fraction of sp³-hybridized carbons (Fsp3) is 0.417. The molecule has 2 N–H and O–H groups in total. The SMILES string of the molecule is N#Cc1ccc(OC2CCCC2)c(N)c1. The molecule has 0 amide bonds. The highest BCUT2D eigenvalue weighted by Gasteiger charge is 2.17. The number of hydrogen-bond acceptors (Lipinski definition) is 3. The summed E-state index contributed by atoms with van der Waals surface area (Å²) in [6.45, 7) is 0. The van der Waals surface area contributed by atoms with Gasteiger partial charge in [0.2, 0.25) is 0 Å². The van der Waals surface area contributed by atoms with Crippen LogP contribution in [0.25, 0.3) is 0 Å². The van der Waals surface area contributed by atoms with Gasteiger partial charge in [0.25, 0.3) is 0 Å². The number of nitrogen functional groups attached to an aromatic ring is 1. The summed E-state index contributed by atoms with van der Waals surface area (Å²) in [5.74, 6) is 0.709. The third-order valence-corrected chi connectivity index (χ3v) is 2.73. The number of nitrogens with two attached hydrogens (primary N) is 1. The second kappa shape index (κ2) is 4.22. The third-order valence-electron chi connectivity index (χ3n) is 2.73. The Balaban J connectivity index is 2.11. The molecule has 0 radical (unpaired) electrons. The molecule has 1 aromatic rings. The Hall–Kier alpha value is -1.69. The van der Waals surface area contributed by atoms with Gasteiger partial charge in [-0.2, -0.15) is 5.26 Å². The number of nitriles is 1. The van der Waals surface area contributed by atoms with E-state index < -0.39 is 0 Å². The molecule has 1 aromatic carbocycles. The van der Waals surface area contributed by atoms with Gasteiger partial charge in [-0.15, -0.1) is 0 Å². The standard InChI is InChI=1S/C12H14N2O/c13-8-9-5-6-12(11(14)7-9)15-10-3-1-2-4-10/h5-7,10H,1-4,14H2. The van der Waals surface area contributed by atoms with Crippen LogP contribution in [-0.2, 0) is 0 Å². The summed E-state index contributed by atoms with van der Waals surface area (Å²) in [5.41, 5.74) is 6.93. The summed E-state index contributed by atoms with van der Waals surface area (Å²) in [4.78, 5) is 0. The van der Waals surface area contributed by atoms with E-state index in [2.05, 4.69) is 6.07 Å². The van der Waals surface area contributed by atoms with Gasteiger partial charge >= 0.3 is 0 Å². The van der Waals surface area contributed by atoms with Crippen LogP contribution in [0.15, 0.2) is 18.2 Å². The van der Waals surface area contributed by atoms with E-state index in [-0.39, 0.29) is 0 Å². The largest absolute Gasteiger partial charge is 0.488 e. The normalized spacial score (nSPS) is 16.2. The lowest BCUT2D eigenvalue weighted by molar-refractivity contribution is 0.211. The number of ether oxygens (including phenoxy) is 1. The molecule has 0 atom stereocenters. The summed E-state index contributed by atoms with van der Waals surface area (Å²) in [6, 6.07) is 7.23. The Kier molecular flexibility index (Phi) is 2.77. The van der Waals surface area contributed by atoms with Crippen LogP contribution in [-0.4, -0.2) is 6.10 Å². The molecule has 15 heavy (non-hydrogen) atoms. The molecule has 1 saturated carbocycles. The van der Waals surface area contributed by atoms with Gasteiger partial charge < -0.3 is 10.5 Å². The summed E-state index contributed by atoms with van der Waals surface area (Å²) in [5, 5.41) is 8.69. The maximum Gasteiger partial charge on any atom is 0.142 e. The molecule has 0 spiro atoms. The zero-order chi connectivity index (χ0) is 10.7. The summed E-state index contributed by atoms with van der Waals surface area (Å²) in [6.07, 6.45) is 5.00. The lowest BCUT2D eigenvalue weighted by Gasteiger charge is -2.14. The molecular formula is C12H14N2O. The predicted octanol–water partition coefficient (Wildman–Crippen LogP) is 2.46. The average Bonchev–Trinajstić information content (AvgIpc) is 2.74. The quantitative estimate of drug-likeness (QED) is 0.749. The van der Waals surface area contributed by atoms with Gasteiger partial charge in [0.1, 0.15) is 5.75 Å². The molecular weight excluding hydrogens is 188 g/mol. The first-order valence-corrected chi connectivity index (χ1v) is 5.26. The van der Waals surface area contributed by atoms with Crippen LogP contribution in [0.5, 0.6) is 5.75 Å². The molecule has 0 saturated heterocycles. The molecule has 78 valence electrons. The van der Waals surface area contributed by atoms with Gasteiger partial charge in [-0.05, 0) is 43.9 Å². The zero-order valence-electron chi connectivity index (χ0n) is 8.57. The van der Waals surface area contributed by atoms with Crippen molar-refractivity contribution in [1.29, 1.82) is 5.26 Å². The second-order valence-corrected chi connectivity index (χ2v) is 3.89. The van der Waals surface area contributed by atoms with Crippen LogP contribution < -0.4 is 10.5 Å². The van der Waals surface area contributed by atoms with Gasteiger partial charge in [0.15, 0.2) is 0 Å². The molecule has 0 aliphatic heterocycles. The Morgan fingerprint density at radius 3 is 2.67 bits per heavy atom. The summed E-state index contributed by atoms with van der Waals surface area (Å²) < 4.78 is 5.77. The van der Waals surface area contributed by atoms with E-state index in [1.807, 2.05) is 0 Å². The van der Waals surface area contributed by atoms with E-state index in [9.17, 15) is 0 Å². The summed E-state index contributed by atoms with van der Waals surface area (Å²) in [7, 11) is 0. The van der Waals surface area contributed by atoms with Crippen molar-refractivity contribution in [3.63, 3.8) is 0 Å². The third kappa shape index (κ3) is 2.21. The number of anilines is 1. The first kappa shape index (κ1) is 9.85. The van der Waals surface area contributed by atoms with E-state index in [0.717, 1.165) is 12.8 Å². The van der Waals surface area contributed by atoms with Crippen LogP contribution in [0.2, 0.25) is 0 Å². The van der Waals surface area contributed by atoms with Crippen LogP contribution in [0.3, 0.4) is 0 Å². The highest BCUT2D eigenvalue weighted by atomic mass is 16.5. The van der Waals surface area contributed by atoms with Crippen molar-refractivity contribution in [1.82, 2.24) is 0 Å². The maximum atomic E-state index is 8.69. The first-order valence-electron chi connectivity index (χ1n) is 5.26. The molecule has 0 bridgehead atoms. The van der Waals surface area contributed by atoms with Gasteiger partial charge in [-0.25, -0.2) is 0 Å². The van der Waals surface area contributed by atoms with Crippen LogP contribution in [0, 0.1) is 11.3 Å². The number of benzene rings is 1. The minimum absolute atomic E-state index is 0.306. The van der Waals surface area contributed by atoms with Crippen LogP contribution in [0.1, 0.15) is 31.2 Å². The van der Waals surface area contributed by atoms with Crippen molar-refractivity contribution in [3.05, 3.63) is 23.8 Å². The van der Waals surface area contributed by atoms with Gasteiger partial charge in [-0.1, -0.05) is 0 Å². The van der Waals surface area contributed by atoms with Crippen LogP contribution >= 0.6 is 0 Å². The van der Waals surface area contributed by atoms with Gasteiger partial charge in [-0.3, -0.25) is 0 Å². The van der Waals surface area contributed by atoms with Crippen LogP contribution in [0.4, 0.5) is 5.69 Å². The van der Waals surface area contributed by atoms with Crippen molar-refractivity contribution in [2.45, 2.75) is 31.8 Å². The highest BCUT2D eigenvalue weighted by Crippen LogP contribution is 2.28. The fourth-order valence-corrected chi connectivity index (χ4v) is 1.91. The molecule has 1 aliphatic carbocycles. The minimum Gasteiger partial charge on any atom is -0.488 e. The van der Waals surface area contributed by atoms with Gasteiger partial charge in [0, 0.05) is 0 Å². The van der Waals surface area contributed by atoms with Gasteiger partial charge in [0.05, 0.1) is 23.4 Å². The second-order valence-electron chi connectivity index (χ2n) is 3.89. The molecule has 1 aliphatic rings. The molecule has 1 fully saturated rings. The molecule has 3 heteroatoms. The monoisotopic (exact) mass is 202 g/mol. The Morgan fingerprint density at radius 1 is 1.33 bits per heavy atom. The fourth-order valence-electron chi connectivity index (χ4n) is 1.91. The van der Waals surface area contributed by atoms with E-state index >= 15 is 0 Å². The first-order chi connectivity index (χ1) is 7.29. The molecule has 2 rings (SSSR count). The maximum absolute atomic E-state index is 8.69. The number of rotatable bonds is 2. The summed E-state index contributed by atoms with van der Waals surface area (Å²) >= 11 is 0. The van der Waals surface area contributed by atoms with Crippen molar-refractivity contribution in [3.8, 4) is 11.8 Å². The molecule has 0 heterocycles. The minimum atomic E-state index is 0.306. The zero-order valence-corrected chi connectivity index (χ0v) is 8.57. The Labute approximate surface area is 89.5 Å². The van der Waals surface area contributed by atoms with E-state index in [1.165, 1.54) is 12.8 Å². The van der Waals surface area contributed by atoms with E-state index in [0.29, 0.717) is 23.1 Å². The molecule has 0 aromatic heterocycles. The smallest absolute Gasteiger partial charge is 0.142 e. The number of hydrogen-bond donors (Lipinski definition) is 1. The Morgan fingerprint density at radius 2 is 2.07 bits per heavy atom. The highest BCUT2D eigenvalue weighted by molar-refractivity contribution is 5.56. The van der Waals surface area contributed by atoms with Crippen molar-refractivity contribution >= 4 is 5.69 Å². The van der Waals surface area contributed by atoms with E-state index in [1.54, 1.807) is 18.2 Å². The Bertz CT molecular complexity index is 389. The average molecular weight is 202 g/mol.